The number of hydrogen-bond donors (Lipinski definition) is 2. The number of carbonyl (C=O) groups excluding carboxylic acids is 1. The van der Waals surface area contributed by atoms with Gasteiger partial charge in [0.05, 0.1) is 16.9 Å². The molecule has 2 aliphatic rings. The maximum atomic E-state index is 12.8. The van der Waals surface area contributed by atoms with Gasteiger partial charge in [-0.3, -0.25) is 4.79 Å². The first-order chi connectivity index (χ1) is 19.1. The van der Waals surface area contributed by atoms with Gasteiger partial charge in [-0.2, -0.15) is 0 Å². The predicted octanol–water partition coefficient (Wildman–Crippen LogP) is 5.86. The van der Waals surface area contributed by atoms with Gasteiger partial charge in [0.1, 0.15) is 5.75 Å². The van der Waals surface area contributed by atoms with Crippen molar-refractivity contribution in [3.05, 3.63) is 66.5 Å². The molecule has 1 amide bonds. The van der Waals surface area contributed by atoms with Crippen molar-refractivity contribution in [2.45, 2.75) is 58.0 Å². The third-order valence-electron chi connectivity index (χ3n) is 7.77. The summed E-state index contributed by atoms with van der Waals surface area (Å²) in [5.74, 6) is 1.99. The van der Waals surface area contributed by atoms with Crippen molar-refractivity contribution in [3.8, 4) is 22.9 Å². The molecule has 39 heavy (non-hydrogen) atoms. The van der Waals surface area contributed by atoms with Crippen molar-refractivity contribution < 1.29 is 9.53 Å². The molecular formula is C31H34N6O2. The van der Waals surface area contributed by atoms with Crippen LogP contribution in [0, 0.1) is 6.92 Å². The van der Waals surface area contributed by atoms with E-state index in [0.717, 1.165) is 77.8 Å². The van der Waals surface area contributed by atoms with E-state index in [1.807, 2.05) is 42.2 Å². The summed E-state index contributed by atoms with van der Waals surface area (Å²) >= 11 is 0. The number of pyridine rings is 1. The highest BCUT2D eigenvalue weighted by molar-refractivity contribution is 6.07. The van der Waals surface area contributed by atoms with Crippen LogP contribution in [0.2, 0.25) is 0 Å². The van der Waals surface area contributed by atoms with Gasteiger partial charge < -0.3 is 20.3 Å². The van der Waals surface area contributed by atoms with Gasteiger partial charge in [0.15, 0.2) is 0 Å². The van der Waals surface area contributed by atoms with Gasteiger partial charge in [-0.1, -0.05) is 31.2 Å². The lowest BCUT2D eigenvalue weighted by atomic mass is 10.0. The molecule has 4 aromatic rings. The van der Waals surface area contributed by atoms with Gasteiger partial charge in [0.25, 0.3) is 0 Å². The molecule has 2 fully saturated rings. The zero-order chi connectivity index (χ0) is 26.8. The number of amides is 1. The minimum Gasteiger partial charge on any atom is -0.437 e. The predicted molar refractivity (Wildman–Crippen MR) is 154 cm³/mol. The number of nitrogens with one attached hydrogen (secondary N) is 2. The molecule has 200 valence electrons. The summed E-state index contributed by atoms with van der Waals surface area (Å²) in [5, 5.41) is 8.83. The van der Waals surface area contributed by atoms with Crippen LogP contribution in [0.5, 0.6) is 11.6 Å². The number of aryl methyl sites for hydroxylation is 1. The topological polar surface area (TPSA) is 92.3 Å². The van der Waals surface area contributed by atoms with Crippen molar-refractivity contribution >= 4 is 28.3 Å². The number of carbonyl (C=O) groups is 1. The van der Waals surface area contributed by atoms with E-state index in [2.05, 4.69) is 45.7 Å². The minimum absolute atomic E-state index is 0.182. The molecule has 2 aromatic carbocycles. The zero-order valence-corrected chi connectivity index (χ0v) is 22.5. The summed E-state index contributed by atoms with van der Waals surface area (Å²) in [5.41, 5.74) is 3.46. The van der Waals surface area contributed by atoms with Gasteiger partial charge in [-0.05, 0) is 69.0 Å². The molecule has 0 radical (unpaired) electrons. The number of hydrogen-bond acceptors (Lipinski definition) is 7. The number of aromatic nitrogens is 3. The highest BCUT2D eigenvalue weighted by atomic mass is 16.5. The standard InChI is InChI=1S/C31H34N6O2/c1-3-22-12-14-28(38)37(22)27-10-4-8-24-23(27)13-11-20(2)29(24)39-30-25(9-6-17-33-30)26-15-18-34-31(36-26)35-21-7-5-16-32-19-21/h4,6,8-11,13,15,17-18,21-22,32H,3,5,7,12,14,16,19H2,1-2H3,(H,34,35,36)/t21-,22?/m0/s1. The Labute approximate surface area is 228 Å². The smallest absolute Gasteiger partial charge is 0.228 e. The molecule has 0 bridgehead atoms. The third-order valence-corrected chi connectivity index (χ3v) is 7.77. The first-order valence-electron chi connectivity index (χ1n) is 13.9. The summed E-state index contributed by atoms with van der Waals surface area (Å²) in [6.45, 7) is 6.13. The van der Waals surface area contributed by atoms with Crippen LogP contribution >= 0.6 is 0 Å². The SMILES string of the molecule is CCC1CCC(=O)N1c1cccc2c(Oc3ncccc3-c3ccnc(N[C@H]4CCCNC4)n3)c(C)ccc12. The number of nitrogens with zero attached hydrogens (tertiary/aromatic N) is 4. The molecule has 0 saturated carbocycles. The van der Waals surface area contributed by atoms with Crippen LogP contribution in [0.3, 0.4) is 0 Å². The van der Waals surface area contributed by atoms with Crippen molar-refractivity contribution in [2.75, 3.05) is 23.3 Å². The number of fused-ring (bicyclic) bond motifs is 1. The number of rotatable bonds is 7. The second-order valence-corrected chi connectivity index (χ2v) is 10.4. The maximum Gasteiger partial charge on any atom is 0.228 e. The largest absolute Gasteiger partial charge is 0.437 e. The average molecular weight is 523 g/mol. The quantitative estimate of drug-likeness (QED) is 0.314. The molecule has 8 nitrogen and oxygen atoms in total. The molecule has 2 N–H and O–H groups in total. The fourth-order valence-electron chi connectivity index (χ4n) is 5.73. The van der Waals surface area contributed by atoms with E-state index in [9.17, 15) is 4.79 Å². The lowest BCUT2D eigenvalue weighted by Crippen LogP contribution is -2.38. The number of piperidine rings is 1. The van der Waals surface area contributed by atoms with Crippen molar-refractivity contribution in [2.24, 2.45) is 0 Å². The fourth-order valence-corrected chi connectivity index (χ4v) is 5.73. The molecule has 1 unspecified atom stereocenters. The van der Waals surface area contributed by atoms with Gasteiger partial charge in [-0.25, -0.2) is 15.0 Å². The molecule has 2 aliphatic heterocycles. The van der Waals surface area contributed by atoms with E-state index in [1.165, 1.54) is 0 Å². The molecule has 8 heteroatoms. The second-order valence-electron chi connectivity index (χ2n) is 10.4. The lowest BCUT2D eigenvalue weighted by molar-refractivity contribution is -0.117. The molecule has 2 atom stereocenters. The van der Waals surface area contributed by atoms with E-state index < -0.39 is 0 Å². The van der Waals surface area contributed by atoms with Crippen molar-refractivity contribution in [3.63, 3.8) is 0 Å². The van der Waals surface area contributed by atoms with Gasteiger partial charge >= 0.3 is 0 Å². The fraction of sp³-hybridized carbons (Fsp3) is 0.355. The first-order valence-corrected chi connectivity index (χ1v) is 13.9. The average Bonchev–Trinajstić information content (AvgIpc) is 3.35. The van der Waals surface area contributed by atoms with E-state index in [1.54, 1.807) is 12.4 Å². The second kappa shape index (κ2) is 11.0. The highest BCUT2D eigenvalue weighted by Gasteiger charge is 2.32. The Morgan fingerprint density at radius 1 is 1.05 bits per heavy atom. The third kappa shape index (κ3) is 5.04. The lowest BCUT2D eigenvalue weighted by Gasteiger charge is -2.26. The van der Waals surface area contributed by atoms with Crippen LogP contribution < -0.4 is 20.3 Å². The van der Waals surface area contributed by atoms with Crippen LogP contribution in [-0.2, 0) is 4.79 Å². The summed E-state index contributed by atoms with van der Waals surface area (Å²) < 4.78 is 6.59. The Kier molecular flexibility index (Phi) is 7.11. The summed E-state index contributed by atoms with van der Waals surface area (Å²) in [6, 6.07) is 16.5. The molecule has 2 aromatic heterocycles. The maximum absolute atomic E-state index is 12.8. The Morgan fingerprint density at radius 3 is 2.82 bits per heavy atom. The number of benzene rings is 2. The van der Waals surface area contributed by atoms with Gasteiger partial charge in [-0.15, -0.1) is 0 Å². The van der Waals surface area contributed by atoms with E-state index in [4.69, 9.17) is 9.72 Å². The Hall–Kier alpha value is -4.04. The highest BCUT2D eigenvalue weighted by Crippen LogP contribution is 2.41. The zero-order valence-electron chi connectivity index (χ0n) is 22.5. The van der Waals surface area contributed by atoms with Crippen molar-refractivity contribution in [1.29, 1.82) is 0 Å². The summed E-state index contributed by atoms with van der Waals surface area (Å²) in [7, 11) is 0. The van der Waals surface area contributed by atoms with E-state index >= 15 is 0 Å². The monoisotopic (exact) mass is 522 g/mol. The molecule has 0 spiro atoms. The van der Waals surface area contributed by atoms with Crippen LogP contribution in [-0.4, -0.2) is 46.0 Å². The molecule has 0 aliphatic carbocycles. The molecule has 6 rings (SSSR count). The molecular weight excluding hydrogens is 488 g/mol. The van der Waals surface area contributed by atoms with Crippen LogP contribution in [0.4, 0.5) is 11.6 Å². The van der Waals surface area contributed by atoms with Crippen molar-refractivity contribution in [1.82, 2.24) is 20.3 Å². The van der Waals surface area contributed by atoms with Crippen LogP contribution in [0.1, 0.15) is 44.6 Å². The number of ether oxygens (including phenoxy) is 1. The Balaban J connectivity index is 1.36. The molecule has 4 heterocycles. The van der Waals surface area contributed by atoms with E-state index in [-0.39, 0.29) is 11.9 Å². The van der Waals surface area contributed by atoms with Gasteiger partial charge in [0.2, 0.25) is 17.7 Å². The van der Waals surface area contributed by atoms with Crippen LogP contribution in [0.15, 0.2) is 60.9 Å². The number of anilines is 2. The normalized spacial score (nSPS) is 19.4. The van der Waals surface area contributed by atoms with Gasteiger partial charge in [0, 0.05) is 48.2 Å². The Morgan fingerprint density at radius 2 is 1.97 bits per heavy atom. The summed E-state index contributed by atoms with van der Waals surface area (Å²) in [4.78, 5) is 28.7. The van der Waals surface area contributed by atoms with E-state index in [0.29, 0.717) is 24.3 Å². The Bertz CT molecular complexity index is 1500. The van der Waals surface area contributed by atoms with Crippen LogP contribution in [0.25, 0.3) is 22.0 Å². The first kappa shape index (κ1) is 25.2. The minimum atomic E-state index is 0.182. The summed E-state index contributed by atoms with van der Waals surface area (Å²) in [6.07, 6.45) is 8.14. The molecule has 2 saturated heterocycles.